The summed E-state index contributed by atoms with van der Waals surface area (Å²) in [6.45, 7) is 12.8. The first kappa shape index (κ1) is 22.2. The summed E-state index contributed by atoms with van der Waals surface area (Å²) < 4.78 is 0. The molecule has 3 nitrogen and oxygen atoms in total. The van der Waals surface area contributed by atoms with Crippen molar-refractivity contribution in [2.75, 3.05) is 0 Å². The molecule has 0 N–H and O–H groups in total. The summed E-state index contributed by atoms with van der Waals surface area (Å²) in [5.41, 5.74) is 0. The van der Waals surface area contributed by atoms with Gasteiger partial charge in [0.05, 0.1) is 0 Å². The summed E-state index contributed by atoms with van der Waals surface area (Å²) in [4.78, 5) is 30.4. The molecule has 0 radical (unpaired) electrons. The molecule has 108 valence electrons. The Morgan fingerprint density at radius 2 is 1.22 bits per heavy atom. The average Bonchev–Trinajstić information content (AvgIpc) is 2.29. The van der Waals surface area contributed by atoms with Gasteiger partial charge in [0, 0.05) is 25.2 Å². The predicted molar refractivity (Wildman–Crippen MR) is 76.7 cm³/mol. The van der Waals surface area contributed by atoms with Crippen LogP contribution < -0.4 is 0 Å². The van der Waals surface area contributed by atoms with Crippen LogP contribution in [0, 0.1) is 5.92 Å². The zero-order valence-electron chi connectivity index (χ0n) is 13.1. The molecule has 0 atom stereocenters. The Bertz CT molecular complexity index is 222. The molecule has 0 rings (SSSR count). The lowest BCUT2D eigenvalue weighted by Crippen LogP contribution is -1.98. The maximum absolute atomic E-state index is 10.2. The molecule has 0 aliphatic rings. The van der Waals surface area contributed by atoms with Gasteiger partial charge in [0.1, 0.15) is 17.3 Å². The highest BCUT2D eigenvalue weighted by Gasteiger charge is 1.95. The minimum Gasteiger partial charge on any atom is -0.300 e. The second-order valence-electron chi connectivity index (χ2n) is 4.46. The molecular weight excluding hydrogens is 228 g/mol. The van der Waals surface area contributed by atoms with Crippen molar-refractivity contribution in [1.82, 2.24) is 0 Å². The van der Waals surface area contributed by atoms with E-state index in [1.54, 1.807) is 13.8 Å². The number of hydrogen-bond donors (Lipinski definition) is 0. The zero-order valence-corrected chi connectivity index (χ0v) is 13.1. The third kappa shape index (κ3) is 29.4. The van der Waals surface area contributed by atoms with Gasteiger partial charge >= 0.3 is 0 Å². The van der Waals surface area contributed by atoms with E-state index in [-0.39, 0.29) is 17.5 Å². The molecule has 0 spiro atoms. The van der Waals surface area contributed by atoms with Crippen LogP contribution in [0.4, 0.5) is 0 Å². The summed E-state index contributed by atoms with van der Waals surface area (Å²) in [5, 5.41) is 0. The normalized spacial score (nSPS) is 8.67. The summed E-state index contributed by atoms with van der Waals surface area (Å²) in [7, 11) is 0. The number of ketones is 3. The number of hydrogen-bond acceptors (Lipinski definition) is 3. The van der Waals surface area contributed by atoms with E-state index in [1.165, 1.54) is 0 Å². The molecule has 0 bridgehead atoms. The molecule has 0 aromatic carbocycles. The van der Waals surface area contributed by atoms with Crippen LogP contribution >= 0.6 is 0 Å². The van der Waals surface area contributed by atoms with Gasteiger partial charge in [-0.2, -0.15) is 0 Å². The fraction of sp³-hybridized carbons (Fsp3) is 0.800. The Balaban J connectivity index is -0.000000187. The number of carbonyl (C=O) groups excluding carboxylic acids is 3. The Labute approximate surface area is 112 Å². The molecule has 0 saturated heterocycles. The van der Waals surface area contributed by atoms with Gasteiger partial charge in [-0.1, -0.05) is 34.6 Å². The number of carbonyl (C=O) groups is 3. The highest BCUT2D eigenvalue weighted by molar-refractivity contribution is 5.77. The molecule has 0 amide bonds. The topological polar surface area (TPSA) is 51.2 Å². The number of Topliss-reactive ketones (excluding diaryl/α,β-unsaturated/α-hetero) is 3. The fourth-order valence-corrected chi connectivity index (χ4v) is 0.602. The quantitative estimate of drug-likeness (QED) is 0.749. The molecule has 0 unspecified atom stereocenters. The van der Waals surface area contributed by atoms with Crippen LogP contribution in [-0.2, 0) is 14.4 Å². The van der Waals surface area contributed by atoms with E-state index in [9.17, 15) is 14.4 Å². The van der Waals surface area contributed by atoms with E-state index in [4.69, 9.17) is 0 Å². The van der Waals surface area contributed by atoms with Gasteiger partial charge in [-0.15, -0.1) is 0 Å². The molecule has 18 heavy (non-hydrogen) atoms. The Kier molecular flexibility index (Phi) is 19.8. The Hall–Kier alpha value is -0.990. The van der Waals surface area contributed by atoms with Crippen molar-refractivity contribution < 1.29 is 14.4 Å². The van der Waals surface area contributed by atoms with Gasteiger partial charge in [-0.25, -0.2) is 0 Å². The second kappa shape index (κ2) is 16.0. The first-order chi connectivity index (χ1) is 8.22. The molecule has 0 aliphatic carbocycles. The third-order valence-corrected chi connectivity index (χ3v) is 2.20. The molecule has 0 aliphatic heterocycles. The van der Waals surface area contributed by atoms with E-state index >= 15 is 0 Å². The van der Waals surface area contributed by atoms with E-state index in [0.29, 0.717) is 18.6 Å². The number of rotatable bonds is 5. The van der Waals surface area contributed by atoms with Gasteiger partial charge in [-0.3, -0.25) is 9.59 Å². The first-order valence-electron chi connectivity index (χ1n) is 6.74. The molecular formula is C15H30O3. The van der Waals surface area contributed by atoms with E-state index in [2.05, 4.69) is 0 Å². The molecule has 3 heteroatoms. The minimum atomic E-state index is 0.213. The third-order valence-electron chi connectivity index (χ3n) is 2.20. The molecule has 0 fully saturated rings. The van der Waals surface area contributed by atoms with Crippen LogP contribution in [0.1, 0.15) is 74.1 Å². The van der Waals surface area contributed by atoms with Crippen molar-refractivity contribution in [3.05, 3.63) is 0 Å². The van der Waals surface area contributed by atoms with Crippen LogP contribution in [0.5, 0.6) is 0 Å². The molecule has 0 saturated carbocycles. The van der Waals surface area contributed by atoms with Crippen molar-refractivity contribution in [1.29, 1.82) is 0 Å². The highest BCUT2D eigenvalue weighted by Crippen LogP contribution is 1.89. The minimum absolute atomic E-state index is 0.213. The van der Waals surface area contributed by atoms with Crippen molar-refractivity contribution in [2.45, 2.75) is 74.1 Å². The Morgan fingerprint density at radius 3 is 1.22 bits per heavy atom. The van der Waals surface area contributed by atoms with E-state index in [0.717, 1.165) is 12.8 Å². The van der Waals surface area contributed by atoms with Crippen molar-refractivity contribution in [3.63, 3.8) is 0 Å². The monoisotopic (exact) mass is 258 g/mol. The van der Waals surface area contributed by atoms with Crippen molar-refractivity contribution >= 4 is 17.3 Å². The van der Waals surface area contributed by atoms with Crippen molar-refractivity contribution in [3.8, 4) is 0 Å². The summed E-state index contributed by atoms with van der Waals surface area (Å²) >= 11 is 0. The van der Waals surface area contributed by atoms with Gasteiger partial charge in [-0.05, 0) is 20.3 Å². The molecule has 0 aromatic heterocycles. The maximum atomic E-state index is 10.2. The van der Waals surface area contributed by atoms with Crippen LogP contribution in [0.3, 0.4) is 0 Å². The zero-order chi connectivity index (χ0) is 15.1. The predicted octanol–water partition coefficient (Wildman–Crippen LogP) is 3.98. The first-order valence-corrected chi connectivity index (χ1v) is 6.74. The molecule has 0 aromatic rings. The largest absolute Gasteiger partial charge is 0.300 e. The lowest BCUT2D eigenvalue weighted by atomic mass is 10.1. The summed E-state index contributed by atoms with van der Waals surface area (Å²) in [6.07, 6.45) is 3.10. The molecule has 0 heterocycles. The van der Waals surface area contributed by atoms with Gasteiger partial charge < -0.3 is 4.79 Å². The maximum Gasteiger partial charge on any atom is 0.132 e. The van der Waals surface area contributed by atoms with Crippen LogP contribution in [0.25, 0.3) is 0 Å². The van der Waals surface area contributed by atoms with E-state index in [1.807, 2.05) is 34.6 Å². The van der Waals surface area contributed by atoms with Gasteiger partial charge in [0.2, 0.25) is 0 Å². The lowest BCUT2D eigenvalue weighted by Gasteiger charge is -1.90. The second-order valence-corrected chi connectivity index (χ2v) is 4.46. The van der Waals surface area contributed by atoms with Crippen LogP contribution in [0.15, 0.2) is 0 Å². The summed E-state index contributed by atoms with van der Waals surface area (Å²) in [5.74, 6) is 1.10. The van der Waals surface area contributed by atoms with E-state index < -0.39 is 0 Å². The van der Waals surface area contributed by atoms with Gasteiger partial charge in [0.25, 0.3) is 0 Å². The van der Waals surface area contributed by atoms with Crippen LogP contribution in [0.2, 0.25) is 0 Å². The summed E-state index contributed by atoms with van der Waals surface area (Å²) in [6, 6.07) is 0. The standard InChI is InChI=1S/3C5H10O/c1-4(2)5(3)6;1-3-4-5(2)6;1-3-5(6)4-2/h4H,1-3H3;2*3-4H2,1-2H3. The van der Waals surface area contributed by atoms with Gasteiger partial charge in [0.15, 0.2) is 0 Å². The SMILES string of the molecule is CC(=O)C(C)C.CCC(=O)CC.CCCC(C)=O. The Morgan fingerprint density at radius 1 is 0.889 bits per heavy atom. The van der Waals surface area contributed by atoms with Crippen LogP contribution in [-0.4, -0.2) is 17.3 Å². The average molecular weight is 258 g/mol. The smallest absolute Gasteiger partial charge is 0.132 e. The highest BCUT2D eigenvalue weighted by atomic mass is 16.1. The lowest BCUT2D eigenvalue weighted by molar-refractivity contribution is -0.120. The fourth-order valence-electron chi connectivity index (χ4n) is 0.602. The van der Waals surface area contributed by atoms with Crippen molar-refractivity contribution in [2.24, 2.45) is 5.92 Å².